The fourth-order valence-electron chi connectivity index (χ4n) is 1.34. The number of carbonyl (C=O) groups is 2. The van der Waals surface area contributed by atoms with Crippen LogP contribution >= 0.6 is 0 Å². The third kappa shape index (κ3) is 8.63. The van der Waals surface area contributed by atoms with Gasteiger partial charge in [-0.1, -0.05) is 12.7 Å². The van der Waals surface area contributed by atoms with E-state index < -0.39 is 23.5 Å². The van der Waals surface area contributed by atoms with Gasteiger partial charge in [-0.05, 0) is 34.6 Å². The minimum Gasteiger partial charge on any atom is -0.458 e. The van der Waals surface area contributed by atoms with Crippen molar-refractivity contribution in [2.45, 2.75) is 58.5 Å². The van der Waals surface area contributed by atoms with Crippen molar-refractivity contribution in [2.75, 3.05) is 13.2 Å². The van der Waals surface area contributed by atoms with Gasteiger partial charge in [0.2, 0.25) is 5.72 Å². The quantitative estimate of drug-likeness (QED) is 0.395. The number of rotatable bonds is 9. The van der Waals surface area contributed by atoms with Gasteiger partial charge in [0, 0.05) is 6.42 Å². The smallest absolute Gasteiger partial charge is 0.458 e. The van der Waals surface area contributed by atoms with Crippen LogP contribution in [0.1, 0.15) is 41.0 Å². The Bertz CT molecular complexity index is 389. The molecule has 0 heterocycles. The van der Waals surface area contributed by atoms with Crippen molar-refractivity contribution in [1.29, 1.82) is 0 Å². The van der Waals surface area contributed by atoms with Crippen molar-refractivity contribution in [3.05, 3.63) is 12.7 Å². The molecule has 0 aliphatic rings. The van der Waals surface area contributed by atoms with Gasteiger partial charge in [0.05, 0.1) is 12.7 Å². The van der Waals surface area contributed by atoms with Gasteiger partial charge >= 0.3 is 12.1 Å². The van der Waals surface area contributed by atoms with E-state index in [0.29, 0.717) is 6.42 Å². The minimum atomic E-state index is -1.57. The molecule has 7 nitrogen and oxygen atoms in total. The minimum absolute atomic E-state index is 0.0601. The molecule has 0 radical (unpaired) electrons. The molecule has 128 valence electrons. The second-order valence-electron chi connectivity index (χ2n) is 5.87. The maximum atomic E-state index is 11.7. The summed E-state index contributed by atoms with van der Waals surface area (Å²) in [5, 5.41) is 0. The van der Waals surface area contributed by atoms with Crippen LogP contribution in [0, 0.1) is 0 Å². The first-order chi connectivity index (χ1) is 10.00. The van der Waals surface area contributed by atoms with Crippen molar-refractivity contribution >= 4 is 12.1 Å². The molecule has 0 aliphatic heterocycles. The van der Waals surface area contributed by atoms with Crippen molar-refractivity contribution in [1.82, 2.24) is 0 Å². The Balaban J connectivity index is 4.28. The van der Waals surface area contributed by atoms with E-state index >= 15 is 0 Å². The lowest BCUT2D eigenvalue weighted by molar-refractivity contribution is -0.170. The summed E-state index contributed by atoms with van der Waals surface area (Å²) in [6.07, 6.45) is 0.764. The zero-order valence-electron chi connectivity index (χ0n) is 14.0. The Morgan fingerprint density at radius 1 is 1.27 bits per heavy atom. The summed E-state index contributed by atoms with van der Waals surface area (Å²) < 4.78 is 20.2. The van der Waals surface area contributed by atoms with Crippen molar-refractivity contribution < 1.29 is 28.5 Å². The zero-order valence-corrected chi connectivity index (χ0v) is 14.0. The van der Waals surface area contributed by atoms with Crippen LogP contribution < -0.4 is 5.73 Å². The second kappa shape index (κ2) is 8.75. The first-order valence-corrected chi connectivity index (χ1v) is 7.11. The van der Waals surface area contributed by atoms with Gasteiger partial charge in [-0.2, -0.15) is 0 Å². The Hall–Kier alpha value is -1.60. The molecule has 0 rings (SSSR count). The first kappa shape index (κ1) is 20.4. The van der Waals surface area contributed by atoms with Crippen LogP contribution in [-0.2, 0) is 23.7 Å². The SMILES string of the molecule is C=CCOC(=O)C(C)(N)OCCC(C)(C)OC(=O)OC(C)C. The van der Waals surface area contributed by atoms with Gasteiger partial charge in [0.15, 0.2) is 0 Å². The average molecular weight is 317 g/mol. The van der Waals surface area contributed by atoms with E-state index in [1.807, 2.05) is 0 Å². The number of hydrogen-bond acceptors (Lipinski definition) is 7. The highest BCUT2D eigenvalue weighted by Gasteiger charge is 2.32. The molecule has 0 bridgehead atoms. The maximum Gasteiger partial charge on any atom is 0.509 e. The molecule has 0 amide bonds. The highest BCUT2D eigenvalue weighted by atomic mass is 16.7. The molecule has 1 unspecified atom stereocenters. The van der Waals surface area contributed by atoms with Crippen LogP contribution in [0.25, 0.3) is 0 Å². The van der Waals surface area contributed by atoms with Crippen molar-refractivity contribution in [3.8, 4) is 0 Å². The molecule has 2 N–H and O–H groups in total. The predicted octanol–water partition coefficient (Wildman–Crippen LogP) is 2.14. The standard InChI is InChI=1S/C15H27NO6/c1-7-9-19-12(17)15(6,16)20-10-8-14(4,5)22-13(18)21-11(2)3/h7,11H,1,8-10,16H2,2-6H3. The molecule has 0 fully saturated rings. The van der Waals surface area contributed by atoms with Crippen LogP contribution in [0.2, 0.25) is 0 Å². The molecular formula is C15H27NO6. The summed E-state index contributed by atoms with van der Waals surface area (Å²) in [5.41, 5.74) is 3.35. The fourth-order valence-corrected chi connectivity index (χ4v) is 1.34. The van der Waals surface area contributed by atoms with Gasteiger partial charge in [0.1, 0.15) is 12.2 Å². The lowest BCUT2D eigenvalue weighted by atomic mass is 10.1. The van der Waals surface area contributed by atoms with E-state index in [0.717, 1.165) is 0 Å². The lowest BCUT2D eigenvalue weighted by Gasteiger charge is -2.28. The van der Waals surface area contributed by atoms with Crippen LogP contribution in [0.5, 0.6) is 0 Å². The summed E-state index contributed by atoms with van der Waals surface area (Å²) in [4.78, 5) is 23.1. The van der Waals surface area contributed by atoms with Gasteiger partial charge in [-0.3, -0.25) is 5.73 Å². The number of nitrogens with two attached hydrogens (primary N) is 1. The molecule has 0 saturated heterocycles. The molecule has 0 aromatic carbocycles. The topological polar surface area (TPSA) is 97.1 Å². The van der Waals surface area contributed by atoms with Gasteiger partial charge in [-0.15, -0.1) is 0 Å². The number of esters is 1. The molecule has 0 saturated carbocycles. The van der Waals surface area contributed by atoms with E-state index in [9.17, 15) is 9.59 Å². The van der Waals surface area contributed by atoms with E-state index in [2.05, 4.69) is 6.58 Å². The Kier molecular flexibility index (Phi) is 8.11. The van der Waals surface area contributed by atoms with E-state index in [1.165, 1.54) is 13.0 Å². The highest BCUT2D eigenvalue weighted by Crippen LogP contribution is 2.17. The normalized spacial score (nSPS) is 14.1. The number of ether oxygens (including phenoxy) is 4. The molecular weight excluding hydrogens is 290 g/mol. The van der Waals surface area contributed by atoms with Gasteiger partial charge in [0.25, 0.3) is 0 Å². The summed E-state index contributed by atoms with van der Waals surface area (Å²) in [5.74, 6) is -0.689. The third-order valence-corrected chi connectivity index (χ3v) is 2.54. The van der Waals surface area contributed by atoms with Crippen LogP contribution in [0.15, 0.2) is 12.7 Å². The molecule has 0 spiro atoms. The fraction of sp³-hybridized carbons (Fsp3) is 0.733. The predicted molar refractivity (Wildman–Crippen MR) is 81.1 cm³/mol. The van der Waals surface area contributed by atoms with Crippen LogP contribution in [0.3, 0.4) is 0 Å². The number of hydrogen-bond donors (Lipinski definition) is 1. The molecule has 0 aromatic rings. The zero-order chi connectivity index (χ0) is 17.4. The monoisotopic (exact) mass is 317 g/mol. The van der Waals surface area contributed by atoms with E-state index in [1.54, 1.807) is 27.7 Å². The first-order valence-electron chi connectivity index (χ1n) is 7.11. The van der Waals surface area contributed by atoms with Gasteiger partial charge in [-0.25, -0.2) is 9.59 Å². The molecule has 0 aromatic heterocycles. The Morgan fingerprint density at radius 2 is 1.86 bits per heavy atom. The summed E-state index contributed by atoms with van der Waals surface area (Å²) >= 11 is 0. The number of carbonyl (C=O) groups excluding carboxylic acids is 2. The summed E-state index contributed by atoms with van der Waals surface area (Å²) in [6, 6.07) is 0. The van der Waals surface area contributed by atoms with Gasteiger partial charge < -0.3 is 18.9 Å². The van der Waals surface area contributed by atoms with E-state index in [-0.39, 0.29) is 19.3 Å². The molecule has 1 atom stereocenters. The molecule has 7 heteroatoms. The van der Waals surface area contributed by atoms with Crippen molar-refractivity contribution in [3.63, 3.8) is 0 Å². The van der Waals surface area contributed by atoms with Crippen LogP contribution in [0.4, 0.5) is 4.79 Å². The van der Waals surface area contributed by atoms with E-state index in [4.69, 9.17) is 24.7 Å². The summed E-state index contributed by atoms with van der Waals surface area (Å²) in [6.45, 7) is 11.9. The van der Waals surface area contributed by atoms with Crippen LogP contribution in [-0.4, -0.2) is 42.8 Å². The lowest BCUT2D eigenvalue weighted by Crippen LogP contribution is -2.49. The Labute approximate surface area is 131 Å². The molecule has 0 aliphatic carbocycles. The third-order valence-electron chi connectivity index (χ3n) is 2.54. The average Bonchev–Trinajstić information content (AvgIpc) is 2.33. The largest absolute Gasteiger partial charge is 0.509 e. The highest BCUT2D eigenvalue weighted by molar-refractivity contribution is 5.78. The maximum absolute atomic E-state index is 11.7. The Morgan fingerprint density at radius 3 is 2.36 bits per heavy atom. The second-order valence-corrected chi connectivity index (χ2v) is 5.87. The van der Waals surface area contributed by atoms with Crippen molar-refractivity contribution in [2.24, 2.45) is 5.73 Å². The summed E-state index contributed by atoms with van der Waals surface area (Å²) in [7, 11) is 0. The molecule has 22 heavy (non-hydrogen) atoms.